The molecule has 1 N–H and O–H groups in total. The van der Waals surface area contributed by atoms with Gasteiger partial charge in [-0.2, -0.15) is 4.31 Å². The number of rotatable bonds is 6. The van der Waals surface area contributed by atoms with Crippen LogP contribution in [0.1, 0.15) is 45.3 Å². The summed E-state index contributed by atoms with van der Waals surface area (Å²) in [5.41, 5.74) is 0. The Morgan fingerprint density at radius 1 is 1.33 bits per heavy atom. The van der Waals surface area contributed by atoms with Gasteiger partial charge in [-0.3, -0.25) is 0 Å². The Morgan fingerprint density at radius 3 is 2.76 bits per heavy atom. The molecule has 1 aliphatic carbocycles. The molecule has 1 aromatic rings. The number of nitrogens with one attached hydrogen (secondary N) is 1. The van der Waals surface area contributed by atoms with Gasteiger partial charge in [0, 0.05) is 18.6 Å². The predicted octanol–water partition coefficient (Wildman–Crippen LogP) is 2.34. The molecule has 0 amide bonds. The van der Waals surface area contributed by atoms with Crippen LogP contribution >= 0.6 is 0 Å². The first-order valence-corrected chi connectivity index (χ1v) is 9.26. The van der Waals surface area contributed by atoms with E-state index in [0.29, 0.717) is 30.8 Å². The summed E-state index contributed by atoms with van der Waals surface area (Å²) in [6, 6.07) is 4.03. The van der Waals surface area contributed by atoms with Crippen LogP contribution in [0.15, 0.2) is 21.6 Å². The number of hydrogen-bond acceptors (Lipinski definition) is 4. The Hall–Kier alpha value is -0.850. The van der Waals surface area contributed by atoms with Crippen molar-refractivity contribution in [2.45, 2.75) is 63.3 Å². The third kappa shape index (κ3) is 3.17. The standard InChI is InChI=1S/C15H24N2O3S/c1-11(2)14-4-3-9-17(14)21(18,19)15-8-7-13(20-15)10-16-12-5-6-12/h7-8,11-12,14,16H,3-6,9-10H2,1-2H3. The van der Waals surface area contributed by atoms with E-state index in [1.807, 2.05) is 0 Å². The van der Waals surface area contributed by atoms with Crippen LogP contribution in [-0.2, 0) is 16.6 Å². The normalized spacial score (nSPS) is 24.0. The first-order chi connectivity index (χ1) is 9.98. The third-order valence-corrected chi connectivity index (χ3v) is 6.16. The van der Waals surface area contributed by atoms with Crippen molar-refractivity contribution in [1.29, 1.82) is 0 Å². The van der Waals surface area contributed by atoms with E-state index in [-0.39, 0.29) is 11.1 Å². The van der Waals surface area contributed by atoms with Gasteiger partial charge in [0.2, 0.25) is 5.09 Å². The fourth-order valence-corrected chi connectivity index (χ4v) is 4.73. The predicted molar refractivity (Wildman–Crippen MR) is 80.3 cm³/mol. The van der Waals surface area contributed by atoms with Crippen molar-refractivity contribution < 1.29 is 12.8 Å². The molecule has 2 heterocycles. The maximum Gasteiger partial charge on any atom is 0.276 e. The molecule has 1 atom stereocenters. The van der Waals surface area contributed by atoms with Gasteiger partial charge in [-0.15, -0.1) is 0 Å². The van der Waals surface area contributed by atoms with Gasteiger partial charge < -0.3 is 9.73 Å². The monoisotopic (exact) mass is 312 g/mol. The molecule has 1 unspecified atom stereocenters. The van der Waals surface area contributed by atoms with Crippen molar-refractivity contribution in [3.05, 3.63) is 17.9 Å². The van der Waals surface area contributed by atoms with Crippen molar-refractivity contribution in [3.63, 3.8) is 0 Å². The lowest BCUT2D eigenvalue weighted by molar-refractivity contribution is 0.303. The first-order valence-electron chi connectivity index (χ1n) is 7.82. The zero-order valence-electron chi connectivity index (χ0n) is 12.7. The van der Waals surface area contributed by atoms with E-state index >= 15 is 0 Å². The molecule has 2 fully saturated rings. The quantitative estimate of drug-likeness (QED) is 0.876. The summed E-state index contributed by atoms with van der Waals surface area (Å²) in [4.78, 5) is 0. The van der Waals surface area contributed by atoms with E-state index in [2.05, 4.69) is 19.2 Å². The minimum Gasteiger partial charge on any atom is -0.447 e. The smallest absolute Gasteiger partial charge is 0.276 e. The van der Waals surface area contributed by atoms with Crippen LogP contribution < -0.4 is 5.32 Å². The fourth-order valence-electron chi connectivity index (χ4n) is 2.97. The van der Waals surface area contributed by atoms with Crippen molar-refractivity contribution in [1.82, 2.24) is 9.62 Å². The average Bonchev–Trinajstić information content (AvgIpc) is 2.95. The highest BCUT2D eigenvalue weighted by molar-refractivity contribution is 7.89. The Balaban J connectivity index is 1.74. The van der Waals surface area contributed by atoms with Crippen LogP contribution in [-0.4, -0.2) is 31.4 Å². The van der Waals surface area contributed by atoms with E-state index in [1.54, 1.807) is 16.4 Å². The summed E-state index contributed by atoms with van der Waals surface area (Å²) in [7, 11) is -3.50. The zero-order chi connectivity index (χ0) is 15.0. The fraction of sp³-hybridized carbons (Fsp3) is 0.733. The molecule has 118 valence electrons. The molecule has 3 rings (SSSR count). The second kappa shape index (κ2) is 5.74. The van der Waals surface area contributed by atoms with Crippen LogP contribution in [0.5, 0.6) is 0 Å². The highest BCUT2D eigenvalue weighted by Crippen LogP contribution is 2.31. The number of hydrogen-bond donors (Lipinski definition) is 1. The lowest BCUT2D eigenvalue weighted by atomic mass is 10.0. The van der Waals surface area contributed by atoms with Gasteiger partial charge in [0.1, 0.15) is 5.76 Å². The summed E-state index contributed by atoms with van der Waals surface area (Å²) in [6.45, 7) is 5.35. The van der Waals surface area contributed by atoms with Crippen LogP contribution in [0, 0.1) is 5.92 Å². The highest BCUT2D eigenvalue weighted by atomic mass is 32.2. The van der Waals surface area contributed by atoms with Gasteiger partial charge in [0.05, 0.1) is 6.54 Å². The molecular formula is C15H24N2O3S. The molecular weight excluding hydrogens is 288 g/mol. The van der Waals surface area contributed by atoms with E-state index in [4.69, 9.17) is 4.42 Å². The largest absolute Gasteiger partial charge is 0.447 e. The van der Waals surface area contributed by atoms with Gasteiger partial charge in [-0.05, 0) is 43.7 Å². The summed E-state index contributed by atoms with van der Waals surface area (Å²) in [5.74, 6) is 1.02. The van der Waals surface area contributed by atoms with E-state index in [1.165, 1.54) is 12.8 Å². The molecule has 0 aromatic carbocycles. The maximum absolute atomic E-state index is 12.7. The van der Waals surface area contributed by atoms with Crippen molar-refractivity contribution in [3.8, 4) is 0 Å². The van der Waals surface area contributed by atoms with Gasteiger partial charge >= 0.3 is 0 Å². The summed E-state index contributed by atoms with van der Waals surface area (Å²) in [6.07, 6.45) is 4.28. The Morgan fingerprint density at radius 2 is 2.10 bits per heavy atom. The van der Waals surface area contributed by atoms with Crippen LogP contribution in [0.2, 0.25) is 0 Å². The molecule has 1 aromatic heterocycles. The lowest BCUT2D eigenvalue weighted by Crippen LogP contribution is -2.38. The first kappa shape index (κ1) is 15.1. The third-order valence-electron chi connectivity index (χ3n) is 4.36. The Kier molecular flexibility index (Phi) is 4.12. The Bertz CT molecular complexity index is 590. The second-order valence-electron chi connectivity index (χ2n) is 6.45. The molecule has 2 aliphatic rings. The van der Waals surface area contributed by atoms with Crippen LogP contribution in [0.4, 0.5) is 0 Å². The summed E-state index contributed by atoms with van der Waals surface area (Å²) < 4.78 is 32.6. The molecule has 5 nitrogen and oxygen atoms in total. The van der Waals surface area contributed by atoms with E-state index in [0.717, 1.165) is 12.8 Å². The van der Waals surface area contributed by atoms with Crippen molar-refractivity contribution >= 4 is 10.0 Å². The lowest BCUT2D eigenvalue weighted by Gasteiger charge is -2.25. The molecule has 0 spiro atoms. The van der Waals surface area contributed by atoms with E-state index < -0.39 is 10.0 Å². The highest BCUT2D eigenvalue weighted by Gasteiger charge is 2.38. The van der Waals surface area contributed by atoms with Gasteiger partial charge in [-0.1, -0.05) is 13.8 Å². The molecule has 1 aliphatic heterocycles. The molecule has 1 saturated carbocycles. The van der Waals surface area contributed by atoms with Gasteiger partial charge in [0.15, 0.2) is 0 Å². The SMILES string of the molecule is CC(C)C1CCCN1S(=O)(=O)c1ccc(CNC2CC2)o1. The second-order valence-corrected chi connectivity index (χ2v) is 8.27. The van der Waals surface area contributed by atoms with Crippen LogP contribution in [0.25, 0.3) is 0 Å². The molecule has 0 bridgehead atoms. The molecule has 6 heteroatoms. The number of furan rings is 1. The van der Waals surface area contributed by atoms with E-state index in [9.17, 15) is 8.42 Å². The van der Waals surface area contributed by atoms with Gasteiger partial charge in [0.25, 0.3) is 10.0 Å². The zero-order valence-corrected chi connectivity index (χ0v) is 13.5. The average molecular weight is 312 g/mol. The van der Waals surface area contributed by atoms with Crippen molar-refractivity contribution in [2.75, 3.05) is 6.54 Å². The Labute approximate surface area is 126 Å². The van der Waals surface area contributed by atoms with Gasteiger partial charge in [-0.25, -0.2) is 8.42 Å². The minimum atomic E-state index is -3.50. The molecule has 1 saturated heterocycles. The molecule has 21 heavy (non-hydrogen) atoms. The van der Waals surface area contributed by atoms with Crippen molar-refractivity contribution in [2.24, 2.45) is 5.92 Å². The summed E-state index contributed by atoms with van der Waals surface area (Å²) in [5, 5.41) is 3.42. The summed E-state index contributed by atoms with van der Waals surface area (Å²) >= 11 is 0. The molecule has 0 radical (unpaired) electrons. The number of sulfonamides is 1. The topological polar surface area (TPSA) is 62.6 Å². The minimum absolute atomic E-state index is 0.0858. The maximum atomic E-state index is 12.7. The van der Waals surface area contributed by atoms with Crippen LogP contribution in [0.3, 0.4) is 0 Å². The number of nitrogens with zero attached hydrogens (tertiary/aromatic N) is 1.